The monoisotopic (exact) mass is 391 g/mol. The highest BCUT2D eigenvalue weighted by atomic mass is 35.5. The fraction of sp³-hybridized carbons (Fsp3) is 0.294. The van der Waals surface area contributed by atoms with Gasteiger partial charge in [-0.3, -0.25) is 0 Å². The van der Waals surface area contributed by atoms with Crippen LogP contribution < -0.4 is 10.1 Å². The van der Waals surface area contributed by atoms with Gasteiger partial charge >= 0.3 is 0 Å². The van der Waals surface area contributed by atoms with Gasteiger partial charge in [0.25, 0.3) is 0 Å². The Morgan fingerprint density at radius 3 is 2.26 bits per heavy atom. The fourth-order valence-electron chi connectivity index (χ4n) is 2.18. The first-order valence-corrected chi connectivity index (χ1v) is 8.77. The van der Waals surface area contributed by atoms with E-state index in [1.807, 2.05) is 31.2 Å². The van der Waals surface area contributed by atoms with E-state index >= 15 is 0 Å². The zero-order chi connectivity index (χ0) is 16.8. The molecule has 0 saturated heterocycles. The lowest BCUT2D eigenvalue weighted by Crippen LogP contribution is -2.17. The SMILES string of the molecule is CCOc1c(Cl)cc(CNCCc2ccc(Cl)cc2Cl)cc1Cl. The van der Waals surface area contributed by atoms with Gasteiger partial charge in [-0.25, -0.2) is 0 Å². The van der Waals surface area contributed by atoms with Gasteiger partial charge in [-0.05, 0) is 55.3 Å². The van der Waals surface area contributed by atoms with Crippen molar-refractivity contribution in [3.63, 3.8) is 0 Å². The van der Waals surface area contributed by atoms with Crippen LogP contribution in [0, 0.1) is 0 Å². The van der Waals surface area contributed by atoms with Gasteiger partial charge in [-0.1, -0.05) is 52.5 Å². The summed E-state index contributed by atoms with van der Waals surface area (Å²) in [5.41, 5.74) is 2.07. The maximum atomic E-state index is 6.19. The second-order valence-corrected chi connectivity index (χ2v) is 6.64. The van der Waals surface area contributed by atoms with Gasteiger partial charge in [-0.15, -0.1) is 0 Å². The molecule has 2 aromatic carbocycles. The van der Waals surface area contributed by atoms with E-state index in [4.69, 9.17) is 51.1 Å². The summed E-state index contributed by atoms with van der Waals surface area (Å²) in [6, 6.07) is 9.26. The third kappa shape index (κ3) is 5.44. The molecular weight excluding hydrogens is 376 g/mol. The summed E-state index contributed by atoms with van der Waals surface area (Å²) in [4.78, 5) is 0. The van der Waals surface area contributed by atoms with E-state index in [1.54, 1.807) is 6.07 Å². The molecule has 0 aliphatic rings. The molecule has 0 fully saturated rings. The molecule has 0 heterocycles. The highest BCUT2D eigenvalue weighted by Gasteiger charge is 2.09. The fourth-order valence-corrected chi connectivity index (χ4v) is 3.32. The molecule has 124 valence electrons. The van der Waals surface area contributed by atoms with Gasteiger partial charge in [0, 0.05) is 16.6 Å². The molecule has 0 atom stereocenters. The van der Waals surface area contributed by atoms with Crippen LogP contribution in [-0.4, -0.2) is 13.2 Å². The molecular formula is C17H17Cl4NO. The van der Waals surface area contributed by atoms with Crippen molar-refractivity contribution in [1.82, 2.24) is 5.32 Å². The molecule has 0 unspecified atom stereocenters. The normalized spacial score (nSPS) is 10.8. The summed E-state index contributed by atoms with van der Waals surface area (Å²) < 4.78 is 5.42. The van der Waals surface area contributed by atoms with Crippen molar-refractivity contribution in [2.24, 2.45) is 0 Å². The number of halogens is 4. The lowest BCUT2D eigenvalue weighted by molar-refractivity contribution is 0.340. The van der Waals surface area contributed by atoms with E-state index < -0.39 is 0 Å². The van der Waals surface area contributed by atoms with Crippen LogP contribution in [0.1, 0.15) is 18.1 Å². The third-order valence-electron chi connectivity index (χ3n) is 3.26. The average molecular weight is 393 g/mol. The van der Waals surface area contributed by atoms with Crippen molar-refractivity contribution in [1.29, 1.82) is 0 Å². The van der Waals surface area contributed by atoms with Crippen molar-refractivity contribution in [3.05, 3.63) is 61.5 Å². The Bertz CT molecular complexity index is 653. The van der Waals surface area contributed by atoms with Gasteiger partial charge < -0.3 is 10.1 Å². The van der Waals surface area contributed by atoms with Crippen molar-refractivity contribution in [2.75, 3.05) is 13.2 Å². The molecule has 0 saturated carbocycles. The standard InChI is InChI=1S/C17H17Cl4NO/c1-2-23-17-15(20)7-11(8-16(17)21)10-22-6-5-12-3-4-13(18)9-14(12)19/h3-4,7-9,22H,2,5-6,10H2,1H3. The van der Waals surface area contributed by atoms with Crippen molar-refractivity contribution in [3.8, 4) is 5.75 Å². The molecule has 0 amide bonds. The Morgan fingerprint density at radius 2 is 1.65 bits per heavy atom. The van der Waals surface area contributed by atoms with Crippen LogP contribution in [0.15, 0.2) is 30.3 Å². The minimum Gasteiger partial charge on any atom is -0.491 e. The Morgan fingerprint density at radius 1 is 0.957 bits per heavy atom. The summed E-state index contributed by atoms with van der Waals surface area (Å²) >= 11 is 24.4. The second kappa shape index (κ2) is 9.00. The van der Waals surface area contributed by atoms with Crippen LogP contribution in [0.3, 0.4) is 0 Å². The maximum absolute atomic E-state index is 6.19. The Kier molecular flexibility index (Phi) is 7.32. The Balaban J connectivity index is 1.89. The summed E-state index contributed by atoms with van der Waals surface area (Å²) in [6.07, 6.45) is 0.814. The van der Waals surface area contributed by atoms with Crippen molar-refractivity contribution >= 4 is 46.4 Å². The zero-order valence-corrected chi connectivity index (χ0v) is 15.7. The first-order chi connectivity index (χ1) is 11.0. The highest BCUT2D eigenvalue weighted by molar-refractivity contribution is 6.37. The summed E-state index contributed by atoms with van der Waals surface area (Å²) in [5, 5.41) is 5.73. The minimum absolute atomic E-state index is 0.525. The van der Waals surface area contributed by atoms with Gasteiger partial charge in [0.1, 0.15) is 0 Å². The van der Waals surface area contributed by atoms with Crippen LogP contribution >= 0.6 is 46.4 Å². The number of hydrogen-bond acceptors (Lipinski definition) is 2. The maximum Gasteiger partial charge on any atom is 0.156 e. The Hall–Kier alpha value is -0.640. The molecule has 23 heavy (non-hydrogen) atoms. The third-order valence-corrected chi connectivity index (χ3v) is 4.41. The van der Waals surface area contributed by atoms with E-state index in [0.29, 0.717) is 39.0 Å². The first-order valence-electron chi connectivity index (χ1n) is 7.26. The van der Waals surface area contributed by atoms with E-state index in [0.717, 1.165) is 24.1 Å². The molecule has 2 rings (SSSR count). The Labute approximate surface area is 156 Å². The topological polar surface area (TPSA) is 21.3 Å². The van der Waals surface area contributed by atoms with Crippen molar-refractivity contribution < 1.29 is 4.74 Å². The highest BCUT2D eigenvalue weighted by Crippen LogP contribution is 2.34. The summed E-state index contributed by atoms with van der Waals surface area (Å²) in [5.74, 6) is 0.535. The molecule has 0 spiro atoms. The van der Waals surface area contributed by atoms with Crippen molar-refractivity contribution in [2.45, 2.75) is 19.9 Å². The van der Waals surface area contributed by atoms with Crippen LogP contribution in [-0.2, 0) is 13.0 Å². The van der Waals surface area contributed by atoms with E-state index in [9.17, 15) is 0 Å². The number of hydrogen-bond donors (Lipinski definition) is 1. The van der Waals surface area contributed by atoms with Gasteiger partial charge in [0.2, 0.25) is 0 Å². The van der Waals surface area contributed by atoms with E-state index in [1.165, 1.54) is 0 Å². The second-order valence-electron chi connectivity index (χ2n) is 4.98. The first kappa shape index (κ1) is 18.7. The molecule has 0 bridgehead atoms. The molecule has 0 radical (unpaired) electrons. The van der Waals surface area contributed by atoms with E-state index in [2.05, 4.69) is 5.32 Å². The van der Waals surface area contributed by atoms with Gasteiger partial charge in [0.05, 0.1) is 16.7 Å². The molecule has 2 aromatic rings. The van der Waals surface area contributed by atoms with E-state index in [-0.39, 0.29) is 0 Å². The number of nitrogens with one attached hydrogen (secondary N) is 1. The van der Waals surface area contributed by atoms with Gasteiger partial charge in [-0.2, -0.15) is 0 Å². The largest absolute Gasteiger partial charge is 0.491 e. The molecule has 6 heteroatoms. The number of ether oxygens (including phenoxy) is 1. The molecule has 0 aliphatic heterocycles. The predicted molar refractivity (Wildman–Crippen MR) is 99.5 cm³/mol. The predicted octanol–water partition coefficient (Wildman–Crippen LogP) is 6.03. The lowest BCUT2D eigenvalue weighted by atomic mass is 10.1. The van der Waals surface area contributed by atoms with Crippen LogP contribution in [0.25, 0.3) is 0 Å². The minimum atomic E-state index is 0.525. The number of benzene rings is 2. The molecule has 2 nitrogen and oxygen atoms in total. The van der Waals surface area contributed by atoms with Gasteiger partial charge in [0.15, 0.2) is 5.75 Å². The molecule has 0 aliphatic carbocycles. The zero-order valence-electron chi connectivity index (χ0n) is 12.6. The average Bonchev–Trinajstić information content (AvgIpc) is 2.49. The summed E-state index contributed by atoms with van der Waals surface area (Å²) in [6.45, 7) is 3.86. The molecule has 0 aromatic heterocycles. The quantitative estimate of drug-likeness (QED) is 0.580. The lowest BCUT2D eigenvalue weighted by Gasteiger charge is -2.11. The van der Waals surface area contributed by atoms with Crippen LogP contribution in [0.2, 0.25) is 20.1 Å². The summed E-state index contributed by atoms with van der Waals surface area (Å²) in [7, 11) is 0. The van der Waals surface area contributed by atoms with Crippen LogP contribution in [0.5, 0.6) is 5.75 Å². The smallest absolute Gasteiger partial charge is 0.156 e. The number of rotatable bonds is 7. The van der Waals surface area contributed by atoms with Crippen LogP contribution in [0.4, 0.5) is 0 Å². The molecule has 1 N–H and O–H groups in total.